The Labute approximate surface area is 195 Å². The van der Waals surface area contributed by atoms with Crippen LogP contribution in [0.2, 0.25) is 0 Å². The molecule has 7 heteroatoms. The molecule has 1 aliphatic rings. The van der Waals surface area contributed by atoms with Crippen LogP contribution in [-0.4, -0.2) is 47.8 Å². The number of benzene rings is 2. The molecule has 0 radical (unpaired) electrons. The fourth-order valence-corrected chi connectivity index (χ4v) is 3.63. The van der Waals surface area contributed by atoms with Crippen LogP contribution in [-0.2, 0) is 4.79 Å². The largest absolute Gasteiger partial charge is 0.376 e. The summed E-state index contributed by atoms with van der Waals surface area (Å²) in [6.07, 6.45) is 2.08. The van der Waals surface area contributed by atoms with Crippen molar-refractivity contribution in [3.8, 4) is 0 Å². The highest BCUT2D eigenvalue weighted by atomic mass is 16.2. The Morgan fingerprint density at radius 3 is 2.00 bits per heavy atom. The topological polar surface area (TPSA) is 90.5 Å². The van der Waals surface area contributed by atoms with Crippen LogP contribution < -0.4 is 16.0 Å². The number of likely N-dealkylation sites (tertiary alicyclic amines) is 1. The van der Waals surface area contributed by atoms with Gasteiger partial charge in [-0.2, -0.15) is 0 Å². The molecule has 0 bridgehead atoms. The van der Waals surface area contributed by atoms with E-state index in [2.05, 4.69) is 22.9 Å². The fraction of sp³-hybridized carbons (Fsp3) is 0.423. The molecule has 1 heterocycles. The van der Waals surface area contributed by atoms with E-state index in [4.69, 9.17) is 0 Å². The van der Waals surface area contributed by atoms with Gasteiger partial charge in [0.05, 0.1) is 6.54 Å². The molecule has 3 amide bonds. The van der Waals surface area contributed by atoms with Crippen molar-refractivity contribution in [1.29, 1.82) is 0 Å². The van der Waals surface area contributed by atoms with Crippen molar-refractivity contribution >= 4 is 29.1 Å². The lowest BCUT2D eigenvalue weighted by Gasteiger charge is -2.30. The summed E-state index contributed by atoms with van der Waals surface area (Å²) in [7, 11) is 0. The quantitative estimate of drug-likeness (QED) is 0.617. The van der Waals surface area contributed by atoms with Gasteiger partial charge in [0.25, 0.3) is 11.8 Å². The van der Waals surface area contributed by atoms with Gasteiger partial charge in [-0.25, -0.2) is 0 Å². The third-order valence-electron chi connectivity index (χ3n) is 5.58. The van der Waals surface area contributed by atoms with Crippen molar-refractivity contribution < 1.29 is 14.4 Å². The van der Waals surface area contributed by atoms with E-state index in [0.717, 1.165) is 31.6 Å². The van der Waals surface area contributed by atoms with Crippen LogP contribution in [0.15, 0.2) is 48.5 Å². The van der Waals surface area contributed by atoms with Crippen molar-refractivity contribution in [1.82, 2.24) is 10.2 Å². The van der Waals surface area contributed by atoms with Crippen LogP contribution in [0.4, 0.5) is 11.4 Å². The first-order valence-electron chi connectivity index (χ1n) is 11.5. The zero-order valence-electron chi connectivity index (χ0n) is 19.9. The fourth-order valence-electron chi connectivity index (χ4n) is 3.63. The van der Waals surface area contributed by atoms with Gasteiger partial charge in [-0.3, -0.25) is 14.4 Å². The van der Waals surface area contributed by atoms with E-state index >= 15 is 0 Å². The molecule has 176 valence electrons. The van der Waals surface area contributed by atoms with Gasteiger partial charge in [-0.1, -0.05) is 6.92 Å². The second kappa shape index (κ2) is 10.5. The number of hydrogen-bond donors (Lipinski definition) is 3. The van der Waals surface area contributed by atoms with Crippen molar-refractivity contribution in [2.24, 2.45) is 5.92 Å². The third kappa shape index (κ3) is 7.34. The average Bonchev–Trinajstić information content (AvgIpc) is 2.77. The van der Waals surface area contributed by atoms with Gasteiger partial charge in [-0.05, 0) is 88.1 Å². The molecule has 0 unspecified atom stereocenters. The van der Waals surface area contributed by atoms with Crippen LogP contribution in [0.1, 0.15) is 61.3 Å². The van der Waals surface area contributed by atoms with Gasteiger partial charge in [0.2, 0.25) is 5.91 Å². The van der Waals surface area contributed by atoms with E-state index in [1.165, 1.54) is 0 Å². The first kappa shape index (κ1) is 24.3. The average molecular weight is 451 g/mol. The zero-order chi connectivity index (χ0) is 24.0. The SMILES string of the molecule is CC1CCN(C(=O)c2ccc(NC(=O)CNc3ccc(C(=O)NC(C)(C)C)cc3)cc2)CC1. The van der Waals surface area contributed by atoms with Crippen LogP contribution in [0.3, 0.4) is 0 Å². The van der Waals surface area contributed by atoms with Crippen molar-refractivity contribution in [2.45, 2.75) is 46.1 Å². The molecule has 0 spiro atoms. The second-order valence-corrected chi connectivity index (χ2v) is 9.74. The summed E-state index contributed by atoms with van der Waals surface area (Å²) >= 11 is 0. The van der Waals surface area contributed by atoms with Gasteiger partial charge in [0, 0.05) is 41.1 Å². The molecule has 2 aromatic carbocycles. The number of nitrogens with zero attached hydrogens (tertiary/aromatic N) is 1. The highest BCUT2D eigenvalue weighted by Gasteiger charge is 2.21. The number of hydrogen-bond acceptors (Lipinski definition) is 4. The minimum Gasteiger partial charge on any atom is -0.376 e. The molecule has 3 N–H and O–H groups in total. The van der Waals surface area contributed by atoms with E-state index < -0.39 is 0 Å². The Balaban J connectivity index is 1.47. The molecule has 1 saturated heterocycles. The summed E-state index contributed by atoms with van der Waals surface area (Å²) in [4.78, 5) is 39.0. The minimum atomic E-state index is -0.302. The highest BCUT2D eigenvalue weighted by Crippen LogP contribution is 2.19. The zero-order valence-corrected chi connectivity index (χ0v) is 19.9. The highest BCUT2D eigenvalue weighted by molar-refractivity contribution is 5.97. The van der Waals surface area contributed by atoms with Crippen molar-refractivity contribution in [2.75, 3.05) is 30.3 Å². The Kier molecular flexibility index (Phi) is 7.74. The predicted octanol–water partition coefficient (Wildman–Crippen LogP) is 4.14. The summed E-state index contributed by atoms with van der Waals surface area (Å²) in [6.45, 7) is 9.69. The van der Waals surface area contributed by atoms with Gasteiger partial charge < -0.3 is 20.9 Å². The smallest absolute Gasteiger partial charge is 0.253 e. The van der Waals surface area contributed by atoms with Crippen LogP contribution in [0, 0.1) is 5.92 Å². The van der Waals surface area contributed by atoms with E-state index in [1.807, 2.05) is 25.7 Å². The number of anilines is 2. The molecule has 7 nitrogen and oxygen atoms in total. The van der Waals surface area contributed by atoms with E-state index in [0.29, 0.717) is 22.7 Å². The maximum absolute atomic E-state index is 12.6. The third-order valence-corrected chi connectivity index (χ3v) is 5.58. The molecular weight excluding hydrogens is 416 g/mol. The van der Waals surface area contributed by atoms with E-state index in [-0.39, 0.29) is 29.8 Å². The summed E-state index contributed by atoms with van der Waals surface area (Å²) in [5.41, 5.74) is 2.28. The standard InChI is InChI=1S/C26H34N4O3/c1-18-13-15-30(16-14-18)25(33)20-7-11-22(12-8-20)28-23(31)17-27-21-9-5-19(6-10-21)24(32)29-26(2,3)4/h5-12,18,27H,13-17H2,1-4H3,(H,28,31)(H,29,32). The normalized spacial score (nSPS) is 14.5. The predicted molar refractivity (Wildman–Crippen MR) is 132 cm³/mol. The summed E-state index contributed by atoms with van der Waals surface area (Å²) in [5, 5.41) is 8.80. The molecule has 0 aliphatic carbocycles. The Bertz CT molecular complexity index is 970. The van der Waals surface area contributed by atoms with Gasteiger partial charge in [-0.15, -0.1) is 0 Å². The van der Waals surface area contributed by atoms with Gasteiger partial charge in [0.15, 0.2) is 0 Å². The number of piperidine rings is 1. The second-order valence-electron chi connectivity index (χ2n) is 9.74. The Morgan fingerprint density at radius 2 is 1.42 bits per heavy atom. The summed E-state index contributed by atoms with van der Waals surface area (Å²) < 4.78 is 0. The molecule has 0 atom stereocenters. The Morgan fingerprint density at radius 1 is 0.879 bits per heavy atom. The van der Waals surface area contributed by atoms with Crippen LogP contribution >= 0.6 is 0 Å². The van der Waals surface area contributed by atoms with Gasteiger partial charge >= 0.3 is 0 Å². The molecule has 1 fully saturated rings. The number of amides is 3. The molecular formula is C26H34N4O3. The number of nitrogens with one attached hydrogen (secondary N) is 3. The maximum Gasteiger partial charge on any atom is 0.253 e. The number of carbonyl (C=O) groups is 3. The summed E-state index contributed by atoms with van der Waals surface area (Å²) in [6, 6.07) is 14.0. The lowest BCUT2D eigenvalue weighted by Crippen LogP contribution is -2.40. The van der Waals surface area contributed by atoms with Crippen molar-refractivity contribution in [3.63, 3.8) is 0 Å². The first-order chi connectivity index (χ1) is 15.6. The minimum absolute atomic E-state index is 0.0427. The van der Waals surface area contributed by atoms with E-state index in [1.54, 1.807) is 48.5 Å². The monoisotopic (exact) mass is 450 g/mol. The van der Waals surface area contributed by atoms with Crippen molar-refractivity contribution in [3.05, 3.63) is 59.7 Å². The Hall–Kier alpha value is -3.35. The van der Waals surface area contributed by atoms with E-state index in [9.17, 15) is 14.4 Å². The number of carbonyl (C=O) groups excluding carboxylic acids is 3. The maximum atomic E-state index is 12.6. The molecule has 0 aromatic heterocycles. The molecule has 2 aromatic rings. The van der Waals surface area contributed by atoms with Gasteiger partial charge in [0.1, 0.15) is 0 Å². The lowest BCUT2D eigenvalue weighted by molar-refractivity contribution is -0.114. The molecule has 1 aliphatic heterocycles. The molecule has 0 saturated carbocycles. The summed E-state index contributed by atoms with van der Waals surface area (Å²) in [5.74, 6) is 0.379. The lowest BCUT2D eigenvalue weighted by atomic mass is 9.98. The molecule has 33 heavy (non-hydrogen) atoms. The molecule has 3 rings (SSSR count). The van der Waals surface area contributed by atoms with Crippen LogP contribution in [0.5, 0.6) is 0 Å². The number of rotatable bonds is 6. The van der Waals surface area contributed by atoms with Crippen LogP contribution in [0.25, 0.3) is 0 Å². The first-order valence-corrected chi connectivity index (χ1v) is 11.5.